The second kappa shape index (κ2) is 5.84. The summed E-state index contributed by atoms with van der Waals surface area (Å²) in [6, 6.07) is 9.79. The maximum atomic E-state index is 11.6. The lowest BCUT2D eigenvalue weighted by Gasteiger charge is -2.15. The number of ether oxygens (including phenoxy) is 1. The molecule has 1 aliphatic rings. The van der Waals surface area contributed by atoms with E-state index in [9.17, 15) is 14.7 Å². The molecule has 2 atom stereocenters. The molecule has 1 N–H and O–H groups in total. The van der Waals surface area contributed by atoms with Crippen LogP contribution in [0.2, 0.25) is 0 Å². The van der Waals surface area contributed by atoms with E-state index in [1.54, 1.807) is 0 Å². The first kappa shape index (κ1) is 13.5. The van der Waals surface area contributed by atoms with Crippen LogP contribution in [0.3, 0.4) is 0 Å². The second-order valence-electron chi connectivity index (χ2n) is 4.75. The Morgan fingerprint density at radius 3 is 2.47 bits per heavy atom. The molecule has 0 spiro atoms. The molecule has 1 aromatic carbocycles. The van der Waals surface area contributed by atoms with Gasteiger partial charge in [0, 0.05) is 19.6 Å². The van der Waals surface area contributed by atoms with Crippen molar-refractivity contribution in [3.8, 4) is 0 Å². The standard InChI is InChI=1S/C14H17NO4/c1-19-14(18)12-9-15(8-11(12)13(16)17)7-10-5-3-2-4-6-10/h2-6,11-12H,7-9H2,1H3,(H,16,17)/t11-,12+/m1/s1. The molecule has 1 saturated heterocycles. The largest absolute Gasteiger partial charge is 0.481 e. The number of carbonyl (C=O) groups is 2. The Bertz CT molecular complexity index is 460. The van der Waals surface area contributed by atoms with Crippen LogP contribution in [0.5, 0.6) is 0 Å². The lowest BCUT2D eigenvalue weighted by molar-refractivity contribution is -0.153. The number of carbonyl (C=O) groups excluding carboxylic acids is 1. The van der Waals surface area contributed by atoms with E-state index in [2.05, 4.69) is 4.74 Å². The maximum Gasteiger partial charge on any atom is 0.310 e. The van der Waals surface area contributed by atoms with Gasteiger partial charge in [0.25, 0.3) is 0 Å². The molecule has 1 fully saturated rings. The molecule has 0 aliphatic carbocycles. The van der Waals surface area contributed by atoms with Crippen LogP contribution < -0.4 is 0 Å². The summed E-state index contributed by atoms with van der Waals surface area (Å²) < 4.78 is 4.68. The Morgan fingerprint density at radius 1 is 1.26 bits per heavy atom. The third-order valence-corrected chi connectivity index (χ3v) is 3.47. The third kappa shape index (κ3) is 3.12. The number of carboxylic acids is 1. The van der Waals surface area contributed by atoms with Gasteiger partial charge in [-0.3, -0.25) is 14.5 Å². The number of esters is 1. The predicted molar refractivity (Wildman–Crippen MR) is 68.4 cm³/mol. The summed E-state index contributed by atoms with van der Waals surface area (Å²) >= 11 is 0. The third-order valence-electron chi connectivity index (χ3n) is 3.47. The summed E-state index contributed by atoms with van der Waals surface area (Å²) in [4.78, 5) is 24.8. The zero-order valence-corrected chi connectivity index (χ0v) is 10.8. The number of likely N-dealkylation sites (tertiary alicyclic amines) is 1. The van der Waals surface area contributed by atoms with Gasteiger partial charge in [0.15, 0.2) is 0 Å². The molecule has 0 aromatic heterocycles. The van der Waals surface area contributed by atoms with Gasteiger partial charge in [-0.25, -0.2) is 0 Å². The molecule has 1 aliphatic heterocycles. The molecular formula is C14H17NO4. The number of rotatable bonds is 4. The first-order valence-corrected chi connectivity index (χ1v) is 6.18. The minimum atomic E-state index is -0.939. The molecule has 1 aromatic rings. The molecule has 19 heavy (non-hydrogen) atoms. The molecule has 2 rings (SSSR count). The van der Waals surface area contributed by atoms with Crippen LogP contribution in [0.1, 0.15) is 5.56 Å². The van der Waals surface area contributed by atoms with Crippen molar-refractivity contribution in [3.63, 3.8) is 0 Å². The summed E-state index contributed by atoms with van der Waals surface area (Å²) in [5.41, 5.74) is 1.11. The van der Waals surface area contributed by atoms with Crippen LogP contribution in [0.15, 0.2) is 30.3 Å². The van der Waals surface area contributed by atoms with Crippen molar-refractivity contribution in [2.75, 3.05) is 20.2 Å². The highest BCUT2D eigenvalue weighted by atomic mass is 16.5. The summed E-state index contributed by atoms with van der Waals surface area (Å²) in [6.07, 6.45) is 0. The summed E-state index contributed by atoms with van der Waals surface area (Å²) in [5.74, 6) is -2.64. The van der Waals surface area contributed by atoms with Gasteiger partial charge in [0.2, 0.25) is 0 Å². The lowest BCUT2D eigenvalue weighted by atomic mass is 9.97. The van der Waals surface area contributed by atoms with Gasteiger partial charge >= 0.3 is 11.9 Å². The number of hydrogen-bond donors (Lipinski definition) is 1. The fourth-order valence-electron chi connectivity index (χ4n) is 2.50. The van der Waals surface area contributed by atoms with Crippen LogP contribution in [0.25, 0.3) is 0 Å². The number of methoxy groups -OCH3 is 1. The van der Waals surface area contributed by atoms with Crippen molar-refractivity contribution < 1.29 is 19.4 Å². The first-order chi connectivity index (χ1) is 9.11. The van der Waals surface area contributed by atoms with E-state index in [0.717, 1.165) is 5.56 Å². The van der Waals surface area contributed by atoms with Gasteiger partial charge in [-0.05, 0) is 5.56 Å². The van der Waals surface area contributed by atoms with Crippen LogP contribution >= 0.6 is 0 Å². The van der Waals surface area contributed by atoms with Gasteiger partial charge in [0.05, 0.1) is 18.9 Å². The highest BCUT2D eigenvalue weighted by Crippen LogP contribution is 2.26. The van der Waals surface area contributed by atoms with Gasteiger partial charge < -0.3 is 9.84 Å². The Kier molecular flexibility index (Phi) is 4.16. The van der Waals surface area contributed by atoms with E-state index >= 15 is 0 Å². The topological polar surface area (TPSA) is 66.8 Å². The van der Waals surface area contributed by atoms with Crippen molar-refractivity contribution in [3.05, 3.63) is 35.9 Å². The van der Waals surface area contributed by atoms with Crippen molar-refractivity contribution >= 4 is 11.9 Å². The molecule has 0 bridgehead atoms. The number of hydrogen-bond acceptors (Lipinski definition) is 4. The van der Waals surface area contributed by atoms with Crippen molar-refractivity contribution in [2.45, 2.75) is 6.54 Å². The van der Waals surface area contributed by atoms with E-state index in [4.69, 9.17) is 0 Å². The number of carboxylic acid groups (broad SMARTS) is 1. The Morgan fingerprint density at radius 2 is 1.89 bits per heavy atom. The van der Waals surface area contributed by atoms with E-state index < -0.39 is 23.8 Å². The molecule has 0 saturated carbocycles. The van der Waals surface area contributed by atoms with E-state index in [1.165, 1.54) is 7.11 Å². The molecule has 5 nitrogen and oxygen atoms in total. The number of aliphatic carboxylic acids is 1. The quantitative estimate of drug-likeness (QED) is 0.821. The average Bonchev–Trinajstić information content (AvgIpc) is 2.83. The number of nitrogens with zero attached hydrogens (tertiary/aromatic N) is 1. The molecule has 0 unspecified atom stereocenters. The van der Waals surface area contributed by atoms with Crippen LogP contribution in [-0.2, 0) is 20.9 Å². The first-order valence-electron chi connectivity index (χ1n) is 6.18. The summed E-state index contributed by atoms with van der Waals surface area (Å²) in [5, 5.41) is 9.18. The highest BCUT2D eigenvalue weighted by Gasteiger charge is 2.42. The van der Waals surface area contributed by atoms with E-state index in [1.807, 2.05) is 35.2 Å². The van der Waals surface area contributed by atoms with Gasteiger partial charge in [-0.15, -0.1) is 0 Å². The Hall–Kier alpha value is -1.88. The fraction of sp³-hybridized carbons (Fsp3) is 0.429. The van der Waals surface area contributed by atoms with Crippen LogP contribution in [-0.4, -0.2) is 42.1 Å². The SMILES string of the molecule is COC(=O)[C@H]1CN(Cc2ccccc2)C[C@H]1C(=O)O. The van der Waals surface area contributed by atoms with Crippen LogP contribution in [0.4, 0.5) is 0 Å². The van der Waals surface area contributed by atoms with Crippen LogP contribution in [0, 0.1) is 11.8 Å². The highest BCUT2D eigenvalue weighted by molar-refractivity contribution is 5.82. The number of benzene rings is 1. The normalized spacial score (nSPS) is 23.2. The molecule has 5 heteroatoms. The Balaban J connectivity index is 2.05. The van der Waals surface area contributed by atoms with E-state index in [-0.39, 0.29) is 0 Å². The Labute approximate surface area is 111 Å². The zero-order chi connectivity index (χ0) is 13.8. The predicted octanol–water partition coefficient (Wildman–Crippen LogP) is 0.992. The fourth-order valence-corrected chi connectivity index (χ4v) is 2.50. The summed E-state index contributed by atoms with van der Waals surface area (Å²) in [7, 11) is 1.29. The minimum Gasteiger partial charge on any atom is -0.481 e. The second-order valence-corrected chi connectivity index (χ2v) is 4.75. The smallest absolute Gasteiger partial charge is 0.310 e. The monoisotopic (exact) mass is 263 g/mol. The minimum absolute atomic E-state index is 0.379. The lowest BCUT2D eigenvalue weighted by Crippen LogP contribution is -2.29. The molecule has 0 amide bonds. The van der Waals surface area contributed by atoms with Crippen molar-refractivity contribution in [1.82, 2.24) is 4.90 Å². The average molecular weight is 263 g/mol. The van der Waals surface area contributed by atoms with Gasteiger partial charge in [-0.2, -0.15) is 0 Å². The molecule has 102 valence electrons. The maximum absolute atomic E-state index is 11.6. The molecular weight excluding hydrogens is 246 g/mol. The zero-order valence-electron chi connectivity index (χ0n) is 10.8. The van der Waals surface area contributed by atoms with Gasteiger partial charge in [0.1, 0.15) is 0 Å². The summed E-state index contributed by atoms with van der Waals surface area (Å²) in [6.45, 7) is 1.46. The molecule has 0 radical (unpaired) electrons. The van der Waals surface area contributed by atoms with Gasteiger partial charge in [-0.1, -0.05) is 30.3 Å². The van der Waals surface area contributed by atoms with Crippen molar-refractivity contribution in [1.29, 1.82) is 0 Å². The molecule has 1 heterocycles. The van der Waals surface area contributed by atoms with E-state index in [0.29, 0.717) is 19.6 Å². The van der Waals surface area contributed by atoms with Crippen molar-refractivity contribution in [2.24, 2.45) is 11.8 Å².